The molecule has 0 fully saturated rings. The second-order valence-electron chi connectivity index (χ2n) is 4.81. The van der Waals surface area contributed by atoms with Crippen molar-refractivity contribution in [2.75, 3.05) is 31.9 Å². The third kappa shape index (κ3) is 4.49. The number of nitrogens with zero attached hydrogens (tertiary/aromatic N) is 1. The van der Waals surface area contributed by atoms with Gasteiger partial charge in [0.2, 0.25) is 0 Å². The summed E-state index contributed by atoms with van der Waals surface area (Å²) >= 11 is 0. The zero-order chi connectivity index (χ0) is 15.1. The lowest BCUT2D eigenvalue weighted by atomic mass is 10.1. The zero-order valence-electron chi connectivity index (χ0n) is 12.5. The van der Waals surface area contributed by atoms with E-state index in [9.17, 15) is 9.18 Å². The van der Waals surface area contributed by atoms with Gasteiger partial charge in [0.25, 0.3) is 5.91 Å². The summed E-state index contributed by atoms with van der Waals surface area (Å²) in [4.78, 5) is 14.2. The Morgan fingerprint density at radius 3 is 2.55 bits per heavy atom. The van der Waals surface area contributed by atoms with Crippen molar-refractivity contribution in [2.45, 2.75) is 27.2 Å². The molecule has 1 aromatic rings. The Morgan fingerprint density at radius 2 is 2.00 bits per heavy atom. The van der Waals surface area contributed by atoms with E-state index in [1.807, 2.05) is 0 Å². The monoisotopic (exact) mass is 281 g/mol. The molecule has 0 aliphatic carbocycles. The molecule has 0 aliphatic heterocycles. The van der Waals surface area contributed by atoms with E-state index in [2.05, 4.69) is 24.1 Å². The molecule has 1 aromatic carbocycles. The van der Waals surface area contributed by atoms with Crippen molar-refractivity contribution in [3.05, 3.63) is 29.1 Å². The summed E-state index contributed by atoms with van der Waals surface area (Å²) in [6.07, 6.45) is 0.872. The molecule has 112 valence electrons. The molecule has 1 rings (SSSR count). The van der Waals surface area contributed by atoms with Crippen LogP contribution in [0, 0.1) is 12.7 Å². The molecule has 0 saturated heterocycles. The molecule has 4 nitrogen and oxygen atoms in total. The lowest BCUT2D eigenvalue weighted by Gasteiger charge is -2.17. The topological polar surface area (TPSA) is 58.4 Å². The quantitative estimate of drug-likeness (QED) is 0.595. The molecular weight excluding hydrogens is 257 g/mol. The number of rotatable bonds is 7. The molecule has 0 atom stereocenters. The summed E-state index contributed by atoms with van der Waals surface area (Å²) in [5.74, 6) is -0.728. The molecule has 0 aromatic heterocycles. The normalized spacial score (nSPS) is 10.8. The maximum Gasteiger partial charge on any atom is 0.251 e. The summed E-state index contributed by atoms with van der Waals surface area (Å²) in [5, 5.41) is 2.79. The molecule has 0 unspecified atom stereocenters. The Balaban J connectivity index is 2.47. The van der Waals surface area contributed by atoms with Crippen LogP contribution in [0.25, 0.3) is 0 Å². The predicted octanol–water partition coefficient (Wildman–Crippen LogP) is 2.18. The predicted molar refractivity (Wildman–Crippen MR) is 80.3 cm³/mol. The van der Waals surface area contributed by atoms with Gasteiger partial charge in [-0.25, -0.2) is 4.39 Å². The first-order valence-electron chi connectivity index (χ1n) is 7.05. The molecule has 3 N–H and O–H groups in total. The standard InChI is InChI=1S/C15H24FN3O/c1-4-19(5-2)8-6-7-18-15(20)12-9-13(16)11(3)14(17)10-12/h9-10H,4-8,17H2,1-3H3,(H,18,20). The van der Waals surface area contributed by atoms with E-state index < -0.39 is 5.82 Å². The smallest absolute Gasteiger partial charge is 0.251 e. The van der Waals surface area contributed by atoms with E-state index in [4.69, 9.17) is 5.73 Å². The van der Waals surface area contributed by atoms with Crippen LogP contribution in [0.3, 0.4) is 0 Å². The van der Waals surface area contributed by atoms with Crippen molar-refractivity contribution in [3.63, 3.8) is 0 Å². The number of nitrogen functional groups attached to an aromatic ring is 1. The molecule has 0 heterocycles. The molecule has 0 bridgehead atoms. The molecule has 0 aliphatic rings. The van der Waals surface area contributed by atoms with Gasteiger partial charge in [0, 0.05) is 23.4 Å². The summed E-state index contributed by atoms with van der Waals surface area (Å²) in [7, 11) is 0. The highest BCUT2D eigenvalue weighted by Crippen LogP contribution is 2.17. The molecule has 0 radical (unpaired) electrons. The van der Waals surface area contributed by atoms with Gasteiger partial charge in [0.15, 0.2) is 0 Å². The van der Waals surface area contributed by atoms with Gasteiger partial charge in [-0.05, 0) is 45.1 Å². The zero-order valence-corrected chi connectivity index (χ0v) is 12.5. The number of halogens is 1. The fraction of sp³-hybridized carbons (Fsp3) is 0.533. The van der Waals surface area contributed by atoms with E-state index in [0.717, 1.165) is 26.1 Å². The Labute approximate surface area is 120 Å². The minimum absolute atomic E-state index is 0.272. The number of nitrogens with one attached hydrogen (secondary N) is 1. The maximum atomic E-state index is 13.5. The number of amides is 1. The van der Waals surface area contributed by atoms with Gasteiger partial charge >= 0.3 is 0 Å². The summed E-state index contributed by atoms with van der Waals surface area (Å²) in [6, 6.07) is 2.74. The fourth-order valence-electron chi connectivity index (χ4n) is 1.98. The van der Waals surface area contributed by atoms with E-state index in [1.165, 1.54) is 12.1 Å². The Hall–Kier alpha value is -1.62. The van der Waals surface area contributed by atoms with Gasteiger partial charge in [0.1, 0.15) is 5.82 Å². The van der Waals surface area contributed by atoms with E-state index >= 15 is 0 Å². The highest BCUT2D eigenvalue weighted by molar-refractivity contribution is 5.95. The first-order valence-corrected chi connectivity index (χ1v) is 7.05. The first kappa shape index (κ1) is 16.4. The third-order valence-electron chi connectivity index (χ3n) is 3.48. The lowest BCUT2D eigenvalue weighted by Crippen LogP contribution is -2.30. The van der Waals surface area contributed by atoms with Gasteiger partial charge in [0.05, 0.1) is 0 Å². The van der Waals surface area contributed by atoms with Crippen LogP contribution in [0.4, 0.5) is 10.1 Å². The van der Waals surface area contributed by atoms with Crippen molar-refractivity contribution >= 4 is 11.6 Å². The van der Waals surface area contributed by atoms with Gasteiger partial charge in [-0.1, -0.05) is 13.8 Å². The number of carbonyl (C=O) groups excluding carboxylic acids is 1. The second-order valence-corrected chi connectivity index (χ2v) is 4.81. The molecule has 1 amide bonds. The summed E-state index contributed by atoms with van der Waals surface area (Å²) in [6.45, 7) is 9.34. The van der Waals surface area contributed by atoms with Crippen molar-refractivity contribution < 1.29 is 9.18 Å². The van der Waals surface area contributed by atoms with Gasteiger partial charge in [-0.15, -0.1) is 0 Å². The van der Waals surface area contributed by atoms with E-state index in [1.54, 1.807) is 6.92 Å². The van der Waals surface area contributed by atoms with Crippen LogP contribution in [0.5, 0.6) is 0 Å². The van der Waals surface area contributed by atoms with Crippen LogP contribution in [0.15, 0.2) is 12.1 Å². The highest BCUT2D eigenvalue weighted by Gasteiger charge is 2.10. The van der Waals surface area contributed by atoms with Crippen molar-refractivity contribution in [2.24, 2.45) is 0 Å². The average molecular weight is 281 g/mol. The SMILES string of the molecule is CCN(CC)CCCNC(=O)c1cc(N)c(C)c(F)c1. The number of hydrogen-bond donors (Lipinski definition) is 2. The van der Waals surface area contributed by atoms with Crippen molar-refractivity contribution in [3.8, 4) is 0 Å². The van der Waals surface area contributed by atoms with Crippen LogP contribution in [-0.2, 0) is 0 Å². The second kappa shape index (κ2) is 7.85. The maximum absolute atomic E-state index is 13.5. The Kier molecular flexibility index (Phi) is 6.45. The van der Waals surface area contributed by atoms with Gasteiger partial charge < -0.3 is 16.0 Å². The van der Waals surface area contributed by atoms with Crippen LogP contribution >= 0.6 is 0 Å². The fourth-order valence-corrected chi connectivity index (χ4v) is 1.98. The number of nitrogens with two attached hydrogens (primary N) is 1. The first-order chi connectivity index (χ1) is 9.49. The molecule has 5 heteroatoms. The van der Waals surface area contributed by atoms with Crippen molar-refractivity contribution in [1.29, 1.82) is 0 Å². The molecular formula is C15H24FN3O. The van der Waals surface area contributed by atoms with Crippen LogP contribution < -0.4 is 11.1 Å². The largest absolute Gasteiger partial charge is 0.398 e. The number of benzene rings is 1. The van der Waals surface area contributed by atoms with Crippen LogP contribution in [-0.4, -0.2) is 37.0 Å². The van der Waals surface area contributed by atoms with Crippen molar-refractivity contribution in [1.82, 2.24) is 10.2 Å². The number of anilines is 1. The molecule has 20 heavy (non-hydrogen) atoms. The van der Waals surface area contributed by atoms with Crippen LogP contribution in [0.1, 0.15) is 36.2 Å². The minimum atomic E-state index is -0.446. The highest BCUT2D eigenvalue weighted by atomic mass is 19.1. The third-order valence-corrected chi connectivity index (χ3v) is 3.48. The lowest BCUT2D eigenvalue weighted by molar-refractivity contribution is 0.0951. The average Bonchev–Trinajstić information content (AvgIpc) is 2.44. The molecule has 0 spiro atoms. The number of hydrogen-bond acceptors (Lipinski definition) is 3. The van der Waals surface area contributed by atoms with Gasteiger partial charge in [-0.2, -0.15) is 0 Å². The summed E-state index contributed by atoms with van der Waals surface area (Å²) < 4.78 is 13.5. The summed E-state index contributed by atoms with van der Waals surface area (Å²) in [5.41, 5.74) is 6.62. The van der Waals surface area contributed by atoms with E-state index in [-0.39, 0.29) is 11.5 Å². The Morgan fingerprint density at radius 1 is 1.35 bits per heavy atom. The van der Waals surface area contributed by atoms with E-state index in [0.29, 0.717) is 17.8 Å². The minimum Gasteiger partial charge on any atom is -0.398 e. The number of carbonyl (C=O) groups is 1. The van der Waals surface area contributed by atoms with Crippen LogP contribution in [0.2, 0.25) is 0 Å². The van der Waals surface area contributed by atoms with Gasteiger partial charge in [-0.3, -0.25) is 4.79 Å². The Bertz CT molecular complexity index is 435. The molecule has 0 saturated carbocycles.